The minimum atomic E-state index is 0.724. The van der Waals surface area contributed by atoms with Crippen LogP contribution < -0.4 is 5.32 Å². The van der Waals surface area contributed by atoms with Gasteiger partial charge in [0.25, 0.3) is 0 Å². The molecule has 0 bridgehead atoms. The molecule has 0 radical (unpaired) electrons. The van der Waals surface area contributed by atoms with E-state index in [2.05, 4.69) is 55.9 Å². The molecule has 0 aliphatic rings. The topological polar surface area (TPSA) is 29.9 Å². The number of hydrogen-bond donors (Lipinski definition) is 1. The molecule has 0 aliphatic heterocycles. The van der Waals surface area contributed by atoms with Crippen LogP contribution in [0.3, 0.4) is 0 Å². The standard InChI is InChI=1S/C13H14BrClIN3/c1-3-10-13(14)12(19(2)18-10)7-17-11-5-4-8(15)6-9(11)16/h4-6,17H,3,7H2,1-2H3. The van der Waals surface area contributed by atoms with Crippen LogP contribution in [-0.2, 0) is 20.0 Å². The molecule has 0 spiro atoms. The van der Waals surface area contributed by atoms with Crippen molar-refractivity contribution in [3.05, 3.63) is 42.7 Å². The van der Waals surface area contributed by atoms with Gasteiger partial charge < -0.3 is 5.32 Å². The Morgan fingerprint density at radius 2 is 2.21 bits per heavy atom. The monoisotopic (exact) mass is 453 g/mol. The molecule has 0 saturated carbocycles. The Balaban J connectivity index is 2.16. The fraction of sp³-hybridized carbons (Fsp3) is 0.308. The van der Waals surface area contributed by atoms with Gasteiger partial charge in [-0.3, -0.25) is 4.68 Å². The zero-order valence-electron chi connectivity index (χ0n) is 10.7. The van der Waals surface area contributed by atoms with Crippen LogP contribution in [0.1, 0.15) is 18.3 Å². The zero-order chi connectivity index (χ0) is 14.0. The Bertz CT molecular complexity index is 598. The highest BCUT2D eigenvalue weighted by molar-refractivity contribution is 14.1. The first-order valence-corrected chi connectivity index (χ1v) is 8.17. The predicted molar refractivity (Wildman–Crippen MR) is 91.8 cm³/mol. The third kappa shape index (κ3) is 3.44. The van der Waals surface area contributed by atoms with Gasteiger partial charge in [0.1, 0.15) is 0 Å². The second-order valence-electron chi connectivity index (χ2n) is 4.16. The van der Waals surface area contributed by atoms with Crippen LogP contribution in [0, 0.1) is 3.57 Å². The van der Waals surface area contributed by atoms with Crippen LogP contribution in [0.5, 0.6) is 0 Å². The van der Waals surface area contributed by atoms with Crippen LogP contribution >= 0.6 is 50.1 Å². The fourth-order valence-electron chi connectivity index (χ4n) is 1.82. The average molecular weight is 455 g/mol. The summed E-state index contributed by atoms with van der Waals surface area (Å²) in [6, 6.07) is 5.83. The molecule has 3 nitrogen and oxygen atoms in total. The van der Waals surface area contributed by atoms with E-state index in [4.69, 9.17) is 11.6 Å². The van der Waals surface area contributed by atoms with Crippen LogP contribution in [0.25, 0.3) is 0 Å². The molecule has 0 saturated heterocycles. The summed E-state index contributed by atoms with van der Waals surface area (Å²) in [7, 11) is 1.97. The van der Waals surface area contributed by atoms with E-state index in [1.54, 1.807) is 0 Å². The lowest BCUT2D eigenvalue weighted by Crippen LogP contribution is -2.06. The van der Waals surface area contributed by atoms with E-state index in [0.29, 0.717) is 0 Å². The second kappa shape index (κ2) is 6.45. The lowest BCUT2D eigenvalue weighted by Gasteiger charge is -2.09. The van der Waals surface area contributed by atoms with Crippen LogP contribution in [-0.4, -0.2) is 9.78 Å². The van der Waals surface area contributed by atoms with Crippen molar-refractivity contribution in [3.63, 3.8) is 0 Å². The highest BCUT2D eigenvalue weighted by Gasteiger charge is 2.12. The Labute approximate surface area is 140 Å². The lowest BCUT2D eigenvalue weighted by molar-refractivity contribution is 0.706. The van der Waals surface area contributed by atoms with Gasteiger partial charge in [-0.25, -0.2) is 0 Å². The van der Waals surface area contributed by atoms with E-state index >= 15 is 0 Å². The molecular formula is C13H14BrClIN3. The van der Waals surface area contributed by atoms with Gasteiger partial charge in [-0.15, -0.1) is 0 Å². The van der Waals surface area contributed by atoms with Crippen molar-refractivity contribution in [2.75, 3.05) is 5.32 Å². The summed E-state index contributed by atoms with van der Waals surface area (Å²) in [5.74, 6) is 0. The van der Waals surface area contributed by atoms with Crippen molar-refractivity contribution < 1.29 is 0 Å². The first-order chi connectivity index (χ1) is 9.02. The highest BCUT2D eigenvalue weighted by atomic mass is 127. The summed E-state index contributed by atoms with van der Waals surface area (Å²) < 4.78 is 4.12. The normalized spacial score (nSPS) is 10.8. The number of anilines is 1. The Morgan fingerprint density at radius 1 is 1.47 bits per heavy atom. The van der Waals surface area contributed by atoms with Crippen LogP contribution in [0.15, 0.2) is 22.7 Å². The molecule has 1 aromatic carbocycles. The van der Waals surface area contributed by atoms with E-state index in [-0.39, 0.29) is 0 Å². The molecule has 1 N–H and O–H groups in total. The quantitative estimate of drug-likeness (QED) is 0.684. The summed E-state index contributed by atoms with van der Waals surface area (Å²) >= 11 is 11.8. The van der Waals surface area contributed by atoms with Crippen LogP contribution in [0.4, 0.5) is 5.69 Å². The number of rotatable bonds is 4. The molecule has 1 heterocycles. The van der Waals surface area contributed by atoms with Crippen molar-refractivity contribution in [2.45, 2.75) is 19.9 Å². The summed E-state index contributed by atoms with van der Waals surface area (Å²) in [6.07, 6.45) is 0.924. The number of hydrogen-bond acceptors (Lipinski definition) is 2. The fourth-order valence-corrected chi connectivity index (χ4v) is 3.64. The van der Waals surface area contributed by atoms with Crippen molar-refractivity contribution in [1.29, 1.82) is 0 Å². The first-order valence-electron chi connectivity index (χ1n) is 5.92. The van der Waals surface area contributed by atoms with E-state index in [1.807, 2.05) is 29.9 Å². The molecule has 0 aliphatic carbocycles. The maximum Gasteiger partial charge on any atom is 0.0767 e. The highest BCUT2D eigenvalue weighted by Crippen LogP contribution is 2.25. The third-order valence-electron chi connectivity index (χ3n) is 2.88. The minimum Gasteiger partial charge on any atom is -0.379 e. The first kappa shape index (κ1) is 15.1. The molecule has 0 amide bonds. The molecule has 6 heteroatoms. The lowest BCUT2D eigenvalue weighted by atomic mass is 10.3. The molecular weight excluding hydrogens is 440 g/mol. The Morgan fingerprint density at radius 3 is 2.79 bits per heavy atom. The maximum absolute atomic E-state index is 5.95. The number of aryl methyl sites for hydroxylation is 2. The number of nitrogens with one attached hydrogen (secondary N) is 1. The number of nitrogens with zero attached hydrogens (tertiary/aromatic N) is 2. The summed E-state index contributed by atoms with van der Waals surface area (Å²) in [4.78, 5) is 0. The average Bonchev–Trinajstić information content (AvgIpc) is 2.64. The second-order valence-corrected chi connectivity index (χ2v) is 6.55. The van der Waals surface area contributed by atoms with Crippen molar-refractivity contribution in [1.82, 2.24) is 9.78 Å². The number of halogens is 3. The molecule has 19 heavy (non-hydrogen) atoms. The molecule has 0 unspecified atom stereocenters. The molecule has 2 aromatic rings. The number of benzene rings is 1. The van der Waals surface area contributed by atoms with Gasteiger partial charge >= 0.3 is 0 Å². The van der Waals surface area contributed by atoms with Gasteiger partial charge in [-0.1, -0.05) is 18.5 Å². The van der Waals surface area contributed by atoms with Gasteiger partial charge in [0.15, 0.2) is 0 Å². The van der Waals surface area contributed by atoms with Crippen molar-refractivity contribution in [3.8, 4) is 0 Å². The maximum atomic E-state index is 5.95. The summed E-state index contributed by atoms with van der Waals surface area (Å²) in [5.41, 5.74) is 3.31. The van der Waals surface area contributed by atoms with E-state index in [1.165, 1.54) is 0 Å². The van der Waals surface area contributed by atoms with Gasteiger partial charge in [0.05, 0.1) is 22.4 Å². The number of aromatic nitrogens is 2. The van der Waals surface area contributed by atoms with Gasteiger partial charge in [-0.2, -0.15) is 5.10 Å². The van der Waals surface area contributed by atoms with Gasteiger partial charge in [0, 0.05) is 21.3 Å². The van der Waals surface area contributed by atoms with Crippen molar-refractivity contribution >= 4 is 55.8 Å². The SMILES string of the molecule is CCc1nn(C)c(CNc2ccc(Cl)cc2I)c1Br. The smallest absolute Gasteiger partial charge is 0.0767 e. The van der Waals surface area contributed by atoms with Crippen LogP contribution in [0.2, 0.25) is 5.02 Å². The van der Waals surface area contributed by atoms with Gasteiger partial charge in [0.2, 0.25) is 0 Å². The summed E-state index contributed by atoms with van der Waals surface area (Å²) in [6.45, 7) is 2.83. The van der Waals surface area contributed by atoms with E-state index in [0.717, 1.165) is 43.1 Å². The molecule has 2 rings (SSSR count). The molecule has 1 aromatic heterocycles. The summed E-state index contributed by atoms with van der Waals surface area (Å²) in [5, 5.41) is 8.66. The third-order valence-corrected chi connectivity index (χ3v) is 4.92. The Hall–Kier alpha value is -0.270. The molecule has 0 fully saturated rings. The molecule has 102 valence electrons. The van der Waals surface area contributed by atoms with Gasteiger partial charge in [-0.05, 0) is 63.1 Å². The minimum absolute atomic E-state index is 0.724. The van der Waals surface area contributed by atoms with E-state index < -0.39 is 0 Å². The Kier molecular flexibility index (Phi) is 5.14. The molecule has 0 atom stereocenters. The van der Waals surface area contributed by atoms with Crippen molar-refractivity contribution in [2.24, 2.45) is 7.05 Å². The predicted octanol–water partition coefficient (Wildman–Crippen LogP) is 4.62. The van der Waals surface area contributed by atoms with E-state index in [9.17, 15) is 0 Å². The zero-order valence-corrected chi connectivity index (χ0v) is 15.2. The largest absolute Gasteiger partial charge is 0.379 e.